The van der Waals surface area contributed by atoms with Crippen LogP contribution < -0.4 is 10.6 Å². The van der Waals surface area contributed by atoms with E-state index in [9.17, 15) is 14.4 Å². The van der Waals surface area contributed by atoms with Crippen LogP contribution in [-0.2, 0) is 9.53 Å². The summed E-state index contributed by atoms with van der Waals surface area (Å²) in [5.74, 6) is -1.21. The van der Waals surface area contributed by atoms with Crippen molar-refractivity contribution in [2.75, 3.05) is 18.5 Å². The number of hydrogen-bond donors (Lipinski definition) is 2. The number of carbonyl (C=O) groups is 3. The van der Waals surface area contributed by atoms with Gasteiger partial charge in [0.1, 0.15) is 5.00 Å². The maximum absolute atomic E-state index is 12.3. The molecule has 0 aliphatic heterocycles. The lowest BCUT2D eigenvalue weighted by Gasteiger charge is -2.08. The first-order valence-electron chi connectivity index (χ1n) is 8.22. The summed E-state index contributed by atoms with van der Waals surface area (Å²) in [5, 5.41) is 5.93. The molecule has 0 fully saturated rings. The second kappa shape index (κ2) is 9.42. The fourth-order valence-corrected chi connectivity index (χ4v) is 3.10. The zero-order chi connectivity index (χ0) is 18.3. The van der Waals surface area contributed by atoms with Crippen LogP contribution in [0.25, 0.3) is 0 Å². The summed E-state index contributed by atoms with van der Waals surface area (Å²) >= 11 is 1.11. The van der Waals surface area contributed by atoms with Crippen LogP contribution in [0.15, 0.2) is 0 Å². The predicted molar refractivity (Wildman–Crippen MR) is 95.7 cm³/mol. The lowest BCUT2D eigenvalue weighted by Crippen LogP contribution is -2.24. The summed E-state index contributed by atoms with van der Waals surface area (Å²) in [4.78, 5) is 37.0. The summed E-state index contributed by atoms with van der Waals surface area (Å²) < 4.78 is 5.07. The SMILES string of the molecule is CCCCNC(=O)c1sc(NC(=O)C(C)C)c(C(=O)OCC)c1C. The van der Waals surface area contributed by atoms with Crippen LogP contribution in [0.5, 0.6) is 0 Å². The van der Waals surface area contributed by atoms with Gasteiger partial charge in [0.2, 0.25) is 5.91 Å². The first-order chi connectivity index (χ1) is 11.3. The Hall–Kier alpha value is -1.89. The summed E-state index contributed by atoms with van der Waals surface area (Å²) in [6.07, 6.45) is 1.87. The van der Waals surface area contributed by atoms with Gasteiger partial charge in [0.05, 0.1) is 17.0 Å². The second-order valence-corrected chi connectivity index (χ2v) is 6.75. The van der Waals surface area contributed by atoms with E-state index in [4.69, 9.17) is 4.74 Å². The Balaban J connectivity index is 3.16. The fraction of sp³-hybridized carbons (Fsp3) is 0.588. The Kier molecular flexibility index (Phi) is 7.91. The largest absolute Gasteiger partial charge is 0.462 e. The first-order valence-corrected chi connectivity index (χ1v) is 9.04. The van der Waals surface area contributed by atoms with Crippen LogP contribution >= 0.6 is 11.3 Å². The molecule has 2 N–H and O–H groups in total. The Labute approximate surface area is 147 Å². The van der Waals surface area contributed by atoms with Gasteiger partial charge in [0, 0.05) is 12.5 Å². The normalized spacial score (nSPS) is 10.6. The van der Waals surface area contributed by atoms with Gasteiger partial charge < -0.3 is 15.4 Å². The van der Waals surface area contributed by atoms with Crippen LogP contribution in [0.3, 0.4) is 0 Å². The van der Waals surface area contributed by atoms with E-state index in [1.165, 1.54) is 0 Å². The second-order valence-electron chi connectivity index (χ2n) is 5.73. The van der Waals surface area contributed by atoms with Crippen LogP contribution in [0.2, 0.25) is 0 Å². The first kappa shape index (κ1) is 20.2. The number of nitrogens with one attached hydrogen (secondary N) is 2. The lowest BCUT2D eigenvalue weighted by atomic mass is 10.1. The van der Waals surface area contributed by atoms with Crippen molar-refractivity contribution in [1.82, 2.24) is 5.32 Å². The van der Waals surface area contributed by atoms with E-state index in [1.807, 2.05) is 6.92 Å². The van der Waals surface area contributed by atoms with Crippen LogP contribution in [0, 0.1) is 12.8 Å². The molecule has 1 heterocycles. The minimum atomic E-state index is -0.530. The fourth-order valence-electron chi connectivity index (χ4n) is 1.98. The third-order valence-corrected chi connectivity index (χ3v) is 4.62. The van der Waals surface area contributed by atoms with Crippen molar-refractivity contribution in [2.24, 2.45) is 5.92 Å². The molecule has 0 saturated heterocycles. The molecule has 7 heteroatoms. The smallest absolute Gasteiger partial charge is 0.341 e. The number of thiophene rings is 1. The van der Waals surface area contributed by atoms with Gasteiger partial charge in [-0.3, -0.25) is 9.59 Å². The third-order valence-electron chi connectivity index (χ3n) is 3.41. The molecule has 6 nitrogen and oxygen atoms in total. The number of rotatable bonds is 8. The quantitative estimate of drug-likeness (QED) is 0.554. The van der Waals surface area contributed by atoms with Gasteiger partial charge in [-0.05, 0) is 25.8 Å². The maximum Gasteiger partial charge on any atom is 0.341 e. The standard InChI is InChI=1S/C17H26N2O4S/c1-6-8-9-18-15(21)13-11(5)12(17(22)23-7-2)16(24-13)19-14(20)10(3)4/h10H,6-9H2,1-5H3,(H,18,21)(H,19,20). The zero-order valence-corrected chi connectivity index (χ0v) is 15.8. The van der Waals surface area contributed by atoms with Crippen LogP contribution in [0.4, 0.5) is 5.00 Å². The van der Waals surface area contributed by atoms with Gasteiger partial charge in [-0.2, -0.15) is 0 Å². The van der Waals surface area contributed by atoms with E-state index in [-0.39, 0.29) is 29.9 Å². The Morgan fingerprint density at radius 2 is 1.88 bits per heavy atom. The van der Waals surface area contributed by atoms with E-state index in [0.29, 0.717) is 22.0 Å². The molecule has 24 heavy (non-hydrogen) atoms. The number of hydrogen-bond acceptors (Lipinski definition) is 5. The van der Waals surface area contributed by atoms with E-state index in [2.05, 4.69) is 10.6 Å². The molecule has 0 aromatic carbocycles. The summed E-state index contributed by atoms with van der Waals surface area (Å²) in [5.41, 5.74) is 0.794. The number of unbranched alkanes of at least 4 members (excludes halogenated alkanes) is 1. The van der Waals surface area contributed by atoms with E-state index < -0.39 is 5.97 Å². The number of esters is 1. The topological polar surface area (TPSA) is 84.5 Å². The van der Waals surface area contributed by atoms with Gasteiger partial charge in [-0.25, -0.2) is 4.79 Å². The molecule has 0 bridgehead atoms. The molecule has 0 saturated carbocycles. The van der Waals surface area contributed by atoms with Crippen molar-refractivity contribution < 1.29 is 19.1 Å². The van der Waals surface area contributed by atoms with Crippen molar-refractivity contribution in [3.63, 3.8) is 0 Å². The Bertz CT molecular complexity index is 608. The van der Waals surface area contributed by atoms with Crippen molar-refractivity contribution in [3.8, 4) is 0 Å². The highest BCUT2D eigenvalue weighted by molar-refractivity contribution is 7.18. The average molecular weight is 354 g/mol. The van der Waals surface area contributed by atoms with Crippen LogP contribution in [0.1, 0.15) is 66.1 Å². The molecular formula is C17H26N2O4S. The summed E-state index contributed by atoms with van der Waals surface area (Å²) in [6.45, 7) is 9.78. The molecule has 0 spiro atoms. The van der Waals surface area contributed by atoms with Crippen molar-refractivity contribution >= 4 is 34.1 Å². The van der Waals surface area contributed by atoms with E-state index >= 15 is 0 Å². The van der Waals surface area contributed by atoms with E-state index in [1.54, 1.807) is 27.7 Å². The van der Waals surface area contributed by atoms with Gasteiger partial charge in [-0.1, -0.05) is 27.2 Å². The minimum absolute atomic E-state index is 0.209. The Morgan fingerprint density at radius 1 is 1.21 bits per heavy atom. The van der Waals surface area contributed by atoms with E-state index in [0.717, 1.165) is 24.2 Å². The lowest BCUT2D eigenvalue weighted by molar-refractivity contribution is -0.118. The van der Waals surface area contributed by atoms with Crippen molar-refractivity contribution in [2.45, 2.75) is 47.5 Å². The van der Waals surface area contributed by atoms with Crippen molar-refractivity contribution in [1.29, 1.82) is 0 Å². The average Bonchev–Trinajstić information content (AvgIpc) is 2.84. The molecule has 134 valence electrons. The van der Waals surface area contributed by atoms with Gasteiger partial charge in [-0.15, -0.1) is 11.3 Å². The molecule has 0 aliphatic carbocycles. The van der Waals surface area contributed by atoms with Crippen LogP contribution in [-0.4, -0.2) is 30.9 Å². The highest BCUT2D eigenvalue weighted by Crippen LogP contribution is 2.34. The summed E-state index contributed by atoms with van der Waals surface area (Å²) in [6, 6.07) is 0. The highest BCUT2D eigenvalue weighted by atomic mass is 32.1. The number of carbonyl (C=O) groups excluding carboxylic acids is 3. The Morgan fingerprint density at radius 3 is 2.42 bits per heavy atom. The zero-order valence-electron chi connectivity index (χ0n) is 14.9. The predicted octanol–water partition coefficient (Wildman–Crippen LogP) is 3.36. The monoisotopic (exact) mass is 354 g/mol. The molecule has 0 unspecified atom stereocenters. The molecule has 1 rings (SSSR count). The molecular weight excluding hydrogens is 328 g/mol. The minimum Gasteiger partial charge on any atom is -0.462 e. The van der Waals surface area contributed by atoms with Gasteiger partial charge >= 0.3 is 5.97 Å². The molecule has 2 amide bonds. The maximum atomic E-state index is 12.3. The number of amides is 2. The third kappa shape index (κ3) is 5.06. The van der Waals surface area contributed by atoms with Crippen molar-refractivity contribution in [3.05, 3.63) is 16.0 Å². The number of ether oxygens (including phenoxy) is 1. The van der Waals surface area contributed by atoms with Gasteiger partial charge in [0.15, 0.2) is 0 Å². The molecule has 1 aromatic heterocycles. The molecule has 1 aromatic rings. The molecule has 0 atom stereocenters. The highest BCUT2D eigenvalue weighted by Gasteiger charge is 2.26. The van der Waals surface area contributed by atoms with Gasteiger partial charge in [0.25, 0.3) is 5.91 Å². The summed E-state index contributed by atoms with van der Waals surface area (Å²) in [7, 11) is 0. The molecule has 0 aliphatic rings. The molecule has 0 radical (unpaired) electrons. The number of anilines is 1.